The average molecular weight is 313 g/mol. The standard InChI is InChI=1S/C16H15N3O4/c1-10-3-6-12(7-4-10)22-15-18-19(16(20)23-15)11-5-8-14(21-2)13(17)9-11/h3-9H,17H2,1-2H3. The number of anilines is 1. The number of methoxy groups -OCH3 is 1. The van der Waals surface area contributed by atoms with Gasteiger partial charge in [0.1, 0.15) is 11.5 Å². The lowest BCUT2D eigenvalue weighted by Crippen LogP contribution is -2.13. The van der Waals surface area contributed by atoms with Gasteiger partial charge in [0.25, 0.3) is 0 Å². The molecule has 3 rings (SSSR count). The molecule has 0 saturated heterocycles. The summed E-state index contributed by atoms with van der Waals surface area (Å²) in [6, 6.07) is 12.2. The highest BCUT2D eigenvalue weighted by Gasteiger charge is 2.13. The Morgan fingerprint density at radius 2 is 1.91 bits per heavy atom. The number of aromatic nitrogens is 2. The molecule has 0 saturated carbocycles. The molecule has 7 nitrogen and oxygen atoms in total. The van der Waals surface area contributed by atoms with Crippen LogP contribution in [-0.2, 0) is 0 Å². The topological polar surface area (TPSA) is 92.5 Å². The summed E-state index contributed by atoms with van der Waals surface area (Å²) in [6.45, 7) is 1.96. The van der Waals surface area contributed by atoms with E-state index in [-0.39, 0.29) is 6.08 Å². The fourth-order valence-corrected chi connectivity index (χ4v) is 2.03. The van der Waals surface area contributed by atoms with Crippen LogP contribution >= 0.6 is 0 Å². The number of benzene rings is 2. The first-order valence-electron chi connectivity index (χ1n) is 6.85. The zero-order valence-corrected chi connectivity index (χ0v) is 12.6. The summed E-state index contributed by atoms with van der Waals surface area (Å²) >= 11 is 0. The molecule has 0 bridgehead atoms. The number of rotatable bonds is 4. The van der Waals surface area contributed by atoms with E-state index >= 15 is 0 Å². The highest BCUT2D eigenvalue weighted by Crippen LogP contribution is 2.24. The fourth-order valence-electron chi connectivity index (χ4n) is 2.03. The summed E-state index contributed by atoms with van der Waals surface area (Å²) in [5.41, 5.74) is 7.77. The Kier molecular flexibility index (Phi) is 3.76. The minimum atomic E-state index is -0.670. The number of nitrogens with zero attached hydrogens (tertiary/aromatic N) is 2. The van der Waals surface area contributed by atoms with Crippen LogP contribution in [-0.4, -0.2) is 16.9 Å². The zero-order valence-electron chi connectivity index (χ0n) is 12.6. The van der Waals surface area contributed by atoms with Gasteiger partial charge in [-0.05, 0) is 37.3 Å². The minimum absolute atomic E-state index is 0.145. The first-order chi connectivity index (χ1) is 11.1. The van der Waals surface area contributed by atoms with Gasteiger partial charge in [-0.25, -0.2) is 4.79 Å². The quantitative estimate of drug-likeness (QED) is 0.744. The van der Waals surface area contributed by atoms with Gasteiger partial charge in [0, 0.05) is 0 Å². The third kappa shape index (κ3) is 3.03. The van der Waals surface area contributed by atoms with Crippen molar-refractivity contribution in [2.75, 3.05) is 12.8 Å². The molecule has 23 heavy (non-hydrogen) atoms. The van der Waals surface area contributed by atoms with Crippen molar-refractivity contribution in [1.82, 2.24) is 9.78 Å². The zero-order chi connectivity index (χ0) is 16.4. The molecule has 0 spiro atoms. The lowest BCUT2D eigenvalue weighted by Gasteiger charge is -2.05. The van der Waals surface area contributed by atoms with Crippen molar-refractivity contribution < 1.29 is 13.9 Å². The molecule has 0 radical (unpaired) electrons. The van der Waals surface area contributed by atoms with Gasteiger partial charge >= 0.3 is 11.8 Å². The molecule has 2 aromatic carbocycles. The molecule has 0 amide bonds. The average Bonchev–Trinajstić information content (AvgIpc) is 2.90. The van der Waals surface area contributed by atoms with Crippen molar-refractivity contribution in [3.8, 4) is 23.3 Å². The lowest BCUT2D eigenvalue weighted by atomic mass is 10.2. The Morgan fingerprint density at radius 1 is 1.17 bits per heavy atom. The van der Waals surface area contributed by atoms with Crippen LogP contribution in [0.1, 0.15) is 5.56 Å². The molecular weight excluding hydrogens is 298 g/mol. The van der Waals surface area contributed by atoms with E-state index in [2.05, 4.69) is 5.10 Å². The first kappa shape index (κ1) is 14.7. The van der Waals surface area contributed by atoms with Crippen molar-refractivity contribution in [3.63, 3.8) is 0 Å². The summed E-state index contributed by atoms with van der Waals surface area (Å²) < 4.78 is 16.6. The van der Waals surface area contributed by atoms with E-state index in [1.807, 2.05) is 19.1 Å². The Hall–Kier alpha value is -3.22. The SMILES string of the molecule is COc1ccc(-n2nc(Oc3ccc(C)cc3)oc2=O)cc1N. The van der Waals surface area contributed by atoms with Crippen LogP contribution in [0, 0.1) is 6.92 Å². The van der Waals surface area contributed by atoms with Crippen molar-refractivity contribution in [3.05, 3.63) is 58.6 Å². The van der Waals surface area contributed by atoms with Crippen molar-refractivity contribution >= 4 is 5.69 Å². The Labute approximate surface area is 131 Å². The largest absolute Gasteiger partial charge is 0.495 e. The molecule has 0 aliphatic carbocycles. The summed E-state index contributed by atoms with van der Waals surface area (Å²) in [4.78, 5) is 11.9. The van der Waals surface area contributed by atoms with Gasteiger partial charge in [-0.15, -0.1) is 0 Å². The van der Waals surface area contributed by atoms with Gasteiger partial charge in [-0.2, -0.15) is 4.68 Å². The van der Waals surface area contributed by atoms with E-state index in [0.29, 0.717) is 22.9 Å². The van der Waals surface area contributed by atoms with Crippen molar-refractivity contribution in [2.45, 2.75) is 6.92 Å². The number of aryl methyl sites for hydroxylation is 1. The second-order valence-electron chi connectivity index (χ2n) is 4.89. The number of nitrogens with two attached hydrogens (primary N) is 1. The van der Waals surface area contributed by atoms with Gasteiger partial charge in [0.05, 0.1) is 18.5 Å². The van der Waals surface area contributed by atoms with Crippen LogP contribution < -0.4 is 21.0 Å². The van der Waals surface area contributed by atoms with Crippen molar-refractivity contribution in [2.24, 2.45) is 0 Å². The molecule has 1 heterocycles. The summed E-state index contributed by atoms with van der Waals surface area (Å²) in [5, 5.41) is 4.01. The second kappa shape index (κ2) is 5.88. The molecule has 0 aliphatic heterocycles. The maximum atomic E-state index is 11.9. The number of ether oxygens (including phenoxy) is 2. The van der Waals surface area contributed by atoms with E-state index in [9.17, 15) is 4.79 Å². The smallest absolute Gasteiger partial charge is 0.444 e. The predicted octanol–water partition coefficient (Wildman–Crippen LogP) is 2.52. The van der Waals surface area contributed by atoms with E-state index in [1.54, 1.807) is 30.3 Å². The van der Waals surface area contributed by atoms with Gasteiger partial charge in [-0.1, -0.05) is 22.8 Å². The number of hydrogen-bond acceptors (Lipinski definition) is 6. The second-order valence-corrected chi connectivity index (χ2v) is 4.89. The maximum Gasteiger partial charge on any atom is 0.444 e. The summed E-state index contributed by atoms with van der Waals surface area (Å²) in [7, 11) is 1.52. The van der Waals surface area contributed by atoms with E-state index < -0.39 is 5.76 Å². The molecule has 0 fully saturated rings. The van der Waals surface area contributed by atoms with E-state index in [4.69, 9.17) is 19.6 Å². The predicted molar refractivity (Wildman–Crippen MR) is 84.3 cm³/mol. The van der Waals surface area contributed by atoms with Crippen LogP contribution in [0.3, 0.4) is 0 Å². The van der Waals surface area contributed by atoms with E-state index in [1.165, 1.54) is 7.11 Å². The molecule has 0 aliphatic rings. The molecule has 7 heteroatoms. The highest BCUT2D eigenvalue weighted by molar-refractivity contribution is 5.57. The molecule has 0 unspecified atom stereocenters. The monoisotopic (exact) mass is 313 g/mol. The third-order valence-corrected chi connectivity index (χ3v) is 3.21. The van der Waals surface area contributed by atoms with Gasteiger partial charge < -0.3 is 19.6 Å². The molecular formula is C16H15N3O4. The number of nitrogen functional groups attached to an aromatic ring is 1. The van der Waals surface area contributed by atoms with Gasteiger partial charge in [0.2, 0.25) is 0 Å². The van der Waals surface area contributed by atoms with Gasteiger partial charge in [0.15, 0.2) is 0 Å². The maximum absolute atomic E-state index is 11.9. The fraction of sp³-hybridized carbons (Fsp3) is 0.125. The molecule has 118 valence electrons. The van der Waals surface area contributed by atoms with Crippen LogP contribution in [0.25, 0.3) is 5.69 Å². The minimum Gasteiger partial charge on any atom is -0.495 e. The Bertz CT molecular complexity index is 881. The highest BCUT2D eigenvalue weighted by atomic mass is 16.6. The number of hydrogen-bond donors (Lipinski definition) is 1. The Morgan fingerprint density at radius 3 is 2.57 bits per heavy atom. The molecule has 1 aromatic heterocycles. The van der Waals surface area contributed by atoms with Crippen LogP contribution in [0.4, 0.5) is 5.69 Å². The van der Waals surface area contributed by atoms with Crippen LogP contribution in [0.15, 0.2) is 51.7 Å². The summed E-state index contributed by atoms with van der Waals surface area (Å²) in [5.74, 6) is 0.372. The normalized spacial score (nSPS) is 10.5. The van der Waals surface area contributed by atoms with Crippen molar-refractivity contribution in [1.29, 1.82) is 0 Å². The molecule has 3 aromatic rings. The molecule has 0 atom stereocenters. The van der Waals surface area contributed by atoms with Gasteiger partial charge in [-0.3, -0.25) is 0 Å². The summed E-state index contributed by atoms with van der Waals surface area (Å²) in [6.07, 6.45) is -0.145. The van der Waals surface area contributed by atoms with Crippen LogP contribution in [0.2, 0.25) is 0 Å². The lowest BCUT2D eigenvalue weighted by molar-refractivity contribution is 0.320. The molecule has 2 N–H and O–H groups in total. The van der Waals surface area contributed by atoms with E-state index in [0.717, 1.165) is 10.2 Å². The Balaban J connectivity index is 1.90. The first-order valence-corrected chi connectivity index (χ1v) is 6.85. The van der Waals surface area contributed by atoms with Crippen LogP contribution in [0.5, 0.6) is 17.6 Å². The third-order valence-electron chi connectivity index (χ3n) is 3.21.